The number of carbonyl (C=O) groups is 1. The van der Waals surface area contributed by atoms with Crippen LogP contribution in [-0.4, -0.2) is 62.5 Å². The fraction of sp³-hybridized carbons (Fsp3) is 0.441. The average Bonchev–Trinajstić information content (AvgIpc) is 3.40. The quantitative estimate of drug-likeness (QED) is 0.103. The van der Waals surface area contributed by atoms with Gasteiger partial charge >= 0.3 is 5.97 Å². The number of hydrogen-bond donors (Lipinski definition) is 3. The molecular weight excluding hydrogens is 590 g/mol. The lowest BCUT2D eigenvalue weighted by molar-refractivity contribution is -0.143. The topological polar surface area (TPSA) is 150 Å². The Labute approximate surface area is 265 Å². The van der Waals surface area contributed by atoms with E-state index >= 15 is 0 Å². The van der Waals surface area contributed by atoms with E-state index in [2.05, 4.69) is 4.90 Å². The first-order valence-electron chi connectivity index (χ1n) is 15.7. The van der Waals surface area contributed by atoms with Crippen LogP contribution in [-0.2, 0) is 26.0 Å². The smallest absolute Gasteiger partial charge is 0.305 e. The van der Waals surface area contributed by atoms with Gasteiger partial charge in [-0.25, -0.2) is 8.42 Å². The average molecular weight is 634 g/mol. The summed E-state index contributed by atoms with van der Waals surface area (Å²) in [6.45, 7) is 5.48. The van der Waals surface area contributed by atoms with Gasteiger partial charge in [0.2, 0.25) is 10.0 Å². The number of ether oxygens (including phenoxy) is 2. The van der Waals surface area contributed by atoms with Crippen LogP contribution in [0, 0.1) is 10.8 Å². The van der Waals surface area contributed by atoms with Gasteiger partial charge in [0, 0.05) is 44.3 Å². The van der Waals surface area contributed by atoms with E-state index in [9.17, 15) is 13.2 Å². The zero-order valence-corrected chi connectivity index (χ0v) is 26.9. The molecule has 45 heavy (non-hydrogen) atoms. The van der Waals surface area contributed by atoms with Crippen LogP contribution >= 0.6 is 0 Å². The number of nitrogens with zero attached hydrogens (tertiary/aromatic N) is 2. The van der Waals surface area contributed by atoms with Crippen molar-refractivity contribution in [2.45, 2.75) is 70.9 Å². The first kappa shape index (κ1) is 32.3. The lowest BCUT2D eigenvalue weighted by atomic mass is 9.98. The molecule has 3 aromatic rings. The van der Waals surface area contributed by atoms with Crippen molar-refractivity contribution in [3.63, 3.8) is 0 Å². The summed E-state index contributed by atoms with van der Waals surface area (Å²) in [5.74, 6) is 0.987. The van der Waals surface area contributed by atoms with E-state index in [1.807, 2.05) is 54.6 Å². The molecule has 0 spiro atoms. The van der Waals surface area contributed by atoms with Crippen LogP contribution in [0.4, 0.5) is 5.69 Å². The van der Waals surface area contributed by atoms with E-state index in [4.69, 9.17) is 26.0 Å². The molecule has 0 amide bonds. The number of carbonyl (C=O) groups excluding carboxylic acids is 1. The molecule has 240 valence electrons. The number of fused-ring (bicyclic) bond motifs is 2. The van der Waals surface area contributed by atoms with Crippen molar-refractivity contribution < 1.29 is 22.7 Å². The predicted octanol–water partition coefficient (Wildman–Crippen LogP) is 5.52. The minimum Gasteiger partial charge on any atom is -0.490 e. The van der Waals surface area contributed by atoms with Crippen LogP contribution in [0.15, 0.2) is 54.6 Å². The number of amidine groups is 2. The van der Waals surface area contributed by atoms with Gasteiger partial charge in [-0.1, -0.05) is 30.7 Å². The van der Waals surface area contributed by atoms with Crippen molar-refractivity contribution in [2.24, 2.45) is 5.73 Å². The van der Waals surface area contributed by atoms with Gasteiger partial charge in [-0.15, -0.1) is 0 Å². The zero-order chi connectivity index (χ0) is 32.1. The maximum absolute atomic E-state index is 14.0. The minimum absolute atomic E-state index is 0.0195. The fourth-order valence-corrected chi connectivity index (χ4v) is 8.10. The van der Waals surface area contributed by atoms with Gasteiger partial charge in [-0.3, -0.25) is 19.9 Å². The summed E-state index contributed by atoms with van der Waals surface area (Å²) in [7, 11) is -3.71. The van der Waals surface area contributed by atoms with Gasteiger partial charge in [-0.2, -0.15) is 0 Å². The number of anilines is 1. The number of nitrogen functional groups attached to an aromatic ring is 1. The SMILES string of the molecule is CCOC(=O)CCCCCS(=O)(=O)N1c2ccc(OC3CCN(C(C)=N)CC3)cc2CC1c1ccc2ccc(C(=N)N)cc2c1. The monoisotopic (exact) mass is 633 g/mol. The number of likely N-dealkylation sites (tertiary alicyclic amines) is 1. The summed E-state index contributed by atoms with van der Waals surface area (Å²) in [4.78, 5) is 13.8. The summed E-state index contributed by atoms with van der Waals surface area (Å²) in [5.41, 5.74) is 8.80. The van der Waals surface area contributed by atoms with E-state index in [0.717, 1.165) is 53.6 Å². The lowest BCUT2D eigenvalue weighted by Crippen LogP contribution is -2.40. The summed E-state index contributed by atoms with van der Waals surface area (Å²) >= 11 is 0. The molecule has 0 aromatic heterocycles. The number of unbranched alkanes of at least 4 members (excludes halogenated alkanes) is 2. The molecule has 0 saturated carbocycles. The summed E-state index contributed by atoms with van der Waals surface area (Å²) in [6, 6.07) is 16.8. The Morgan fingerprint density at radius 1 is 0.978 bits per heavy atom. The van der Waals surface area contributed by atoms with Crippen molar-refractivity contribution in [2.75, 3.05) is 29.8 Å². The molecule has 10 nitrogen and oxygen atoms in total. The van der Waals surface area contributed by atoms with Crippen molar-refractivity contribution in [1.82, 2.24) is 4.90 Å². The Morgan fingerprint density at radius 3 is 2.44 bits per heavy atom. The number of benzene rings is 3. The van der Waals surface area contributed by atoms with Gasteiger partial charge in [0.05, 0.1) is 29.9 Å². The van der Waals surface area contributed by atoms with Crippen molar-refractivity contribution >= 4 is 44.1 Å². The molecule has 2 aliphatic rings. The number of nitrogens with two attached hydrogens (primary N) is 1. The molecule has 1 unspecified atom stereocenters. The molecule has 4 N–H and O–H groups in total. The Balaban J connectivity index is 1.39. The molecule has 11 heteroatoms. The van der Waals surface area contributed by atoms with Crippen LogP contribution in [0.1, 0.15) is 75.1 Å². The van der Waals surface area contributed by atoms with E-state index < -0.39 is 16.1 Å². The van der Waals surface area contributed by atoms with Crippen LogP contribution in [0.2, 0.25) is 0 Å². The third-order valence-corrected chi connectivity index (χ3v) is 10.5. The van der Waals surface area contributed by atoms with E-state index in [-0.39, 0.29) is 30.1 Å². The lowest BCUT2D eigenvalue weighted by Gasteiger charge is -2.33. The van der Waals surface area contributed by atoms with E-state index in [1.54, 1.807) is 18.2 Å². The standard InChI is InChI=1S/C34H43N5O5S/c1-3-43-33(40)7-5-4-6-18-45(41,42)39-31-13-12-30(44-29-14-16-38(17-15-29)23(2)35)21-28(31)22-32(39)25-10-8-24-9-11-26(34(36)37)20-27(24)19-25/h8-13,19-21,29,32,35H,3-7,14-18,22H2,1-2H3,(H3,36,37). The molecular formula is C34H43N5O5S. The first-order valence-corrected chi connectivity index (χ1v) is 17.3. The van der Waals surface area contributed by atoms with Gasteiger partial charge in [-0.05, 0) is 78.9 Å². The Hall–Kier alpha value is -4.12. The predicted molar refractivity (Wildman–Crippen MR) is 178 cm³/mol. The van der Waals surface area contributed by atoms with Gasteiger partial charge in [0.25, 0.3) is 0 Å². The maximum Gasteiger partial charge on any atom is 0.305 e. The maximum atomic E-state index is 14.0. The summed E-state index contributed by atoms with van der Waals surface area (Å²) < 4.78 is 40.9. The van der Waals surface area contributed by atoms with Gasteiger partial charge < -0.3 is 20.1 Å². The van der Waals surface area contributed by atoms with Crippen LogP contribution in [0.3, 0.4) is 0 Å². The molecule has 0 aliphatic carbocycles. The molecule has 1 atom stereocenters. The molecule has 2 aliphatic heterocycles. The number of hydrogen-bond acceptors (Lipinski definition) is 7. The molecule has 0 bridgehead atoms. The third-order valence-electron chi connectivity index (χ3n) is 8.65. The van der Waals surface area contributed by atoms with Crippen LogP contribution < -0.4 is 14.8 Å². The highest BCUT2D eigenvalue weighted by molar-refractivity contribution is 7.92. The van der Waals surface area contributed by atoms with Crippen molar-refractivity contribution in [3.05, 3.63) is 71.3 Å². The molecule has 1 saturated heterocycles. The van der Waals surface area contributed by atoms with Crippen molar-refractivity contribution in [1.29, 1.82) is 10.8 Å². The van der Waals surface area contributed by atoms with Gasteiger partial charge in [0.1, 0.15) is 17.7 Å². The van der Waals surface area contributed by atoms with Crippen molar-refractivity contribution in [3.8, 4) is 5.75 Å². The number of nitrogens with one attached hydrogen (secondary N) is 2. The highest BCUT2D eigenvalue weighted by Gasteiger charge is 2.38. The molecule has 3 aromatic carbocycles. The fourth-order valence-electron chi connectivity index (χ4n) is 6.27. The molecule has 2 heterocycles. The summed E-state index contributed by atoms with van der Waals surface area (Å²) in [6.07, 6.45) is 4.10. The number of rotatable bonds is 12. The van der Waals surface area contributed by atoms with Crippen LogP contribution in [0.5, 0.6) is 5.75 Å². The second-order valence-electron chi connectivity index (χ2n) is 11.9. The zero-order valence-electron chi connectivity index (χ0n) is 26.1. The molecule has 5 rings (SSSR count). The van der Waals surface area contributed by atoms with Gasteiger partial charge in [0.15, 0.2) is 0 Å². The highest BCUT2D eigenvalue weighted by atomic mass is 32.2. The van der Waals surface area contributed by atoms with Crippen LogP contribution in [0.25, 0.3) is 10.8 Å². The number of sulfonamides is 1. The third kappa shape index (κ3) is 7.58. The van der Waals surface area contributed by atoms with E-state index in [1.165, 1.54) is 0 Å². The number of esters is 1. The Kier molecular flexibility index (Phi) is 9.96. The summed E-state index contributed by atoms with van der Waals surface area (Å²) in [5, 5.41) is 17.6. The Morgan fingerprint density at radius 2 is 1.73 bits per heavy atom. The normalized spacial score (nSPS) is 16.9. The largest absolute Gasteiger partial charge is 0.490 e. The first-order chi connectivity index (χ1) is 21.6. The Bertz CT molecular complexity index is 1680. The minimum atomic E-state index is -3.71. The number of piperidine rings is 1. The second-order valence-corrected chi connectivity index (χ2v) is 13.8. The molecule has 1 fully saturated rings. The molecule has 0 radical (unpaired) electrons. The van der Waals surface area contributed by atoms with E-state index in [0.29, 0.717) is 49.4 Å². The highest BCUT2D eigenvalue weighted by Crippen LogP contribution is 2.45. The second kappa shape index (κ2) is 13.9.